The van der Waals surface area contributed by atoms with Gasteiger partial charge in [-0.25, -0.2) is 9.59 Å². The van der Waals surface area contributed by atoms with Crippen LogP contribution < -0.4 is 9.64 Å². The van der Waals surface area contributed by atoms with Gasteiger partial charge in [-0.2, -0.15) is 0 Å². The molecule has 17 heavy (non-hydrogen) atoms. The Kier molecular flexibility index (Phi) is 2.86. The maximum Gasteiger partial charge on any atom is 0.414 e. The van der Waals surface area contributed by atoms with E-state index in [9.17, 15) is 9.59 Å². The van der Waals surface area contributed by atoms with Crippen molar-refractivity contribution in [2.24, 2.45) is 0 Å². The number of rotatable bonds is 3. The van der Waals surface area contributed by atoms with Crippen molar-refractivity contribution >= 4 is 17.7 Å². The molecule has 1 aliphatic rings. The predicted molar refractivity (Wildman–Crippen MR) is 58.6 cm³/mol. The van der Waals surface area contributed by atoms with E-state index in [1.54, 1.807) is 6.07 Å². The lowest BCUT2D eigenvalue weighted by Crippen LogP contribution is -2.23. The van der Waals surface area contributed by atoms with Crippen molar-refractivity contribution < 1.29 is 24.2 Å². The van der Waals surface area contributed by atoms with Crippen LogP contribution in [0.15, 0.2) is 18.2 Å². The number of anilines is 1. The molecule has 0 unspecified atom stereocenters. The summed E-state index contributed by atoms with van der Waals surface area (Å²) in [4.78, 5) is 23.7. The molecule has 0 bridgehead atoms. The fourth-order valence-electron chi connectivity index (χ4n) is 1.66. The lowest BCUT2D eigenvalue weighted by molar-refractivity contribution is 0.0693. The summed E-state index contributed by atoms with van der Waals surface area (Å²) in [6, 6.07) is 4.54. The summed E-state index contributed by atoms with van der Waals surface area (Å²) >= 11 is 0. The van der Waals surface area contributed by atoms with Gasteiger partial charge in [-0.3, -0.25) is 4.90 Å². The Morgan fingerprint density at radius 3 is 2.82 bits per heavy atom. The van der Waals surface area contributed by atoms with Gasteiger partial charge in [0.2, 0.25) is 0 Å². The molecule has 0 aliphatic carbocycles. The smallest absolute Gasteiger partial charge is 0.414 e. The van der Waals surface area contributed by atoms with Crippen molar-refractivity contribution in [3.05, 3.63) is 23.8 Å². The first-order chi connectivity index (χ1) is 8.13. The number of carboxylic acids is 1. The van der Waals surface area contributed by atoms with Crippen molar-refractivity contribution in [3.8, 4) is 5.75 Å². The van der Waals surface area contributed by atoms with E-state index in [0.29, 0.717) is 18.8 Å². The monoisotopic (exact) mass is 237 g/mol. The summed E-state index contributed by atoms with van der Waals surface area (Å²) in [6.45, 7) is 0.734. The van der Waals surface area contributed by atoms with Crippen molar-refractivity contribution in [1.29, 1.82) is 0 Å². The van der Waals surface area contributed by atoms with E-state index >= 15 is 0 Å². The number of nitrogens with zero attached hydrogens (tertiary/aromatic N) is 1. The minimum Gasteiger partial charge on any atom is -0.496 e. The second-order valence-corrected chi connectivity index (χ2v) is 3.46. The topological polar surface area (TPSA) is 76.1 Å². The van der Waals surface area contributed by atoms with E-state index in [4.69, 9.17) is 14.6 Å². The van der Waals surface area contributed by atoms with Gasteiger partial charge >= 0.3 is 12.1 Å². The number of methoxy groups -OCH3 is 1. The maximum atomic E-state index is 11.3. The van der Waals surface area contributed by atoms with Gasteiger partial charge in [0.1, 0.15) is 17.9 Å². The molecule has 90 valence electrons. The molecule has 1 amide bonds. The highest BCUT2D eigenvalue weighted by Crippen LogP contribution is 2.26. The third kappa shape index (κ3) is 2.01. The molecule has 6 nitrogen and oxygen atoms in total. The Labute approximate surface area is 97.4 Å². The van der Waals surface area contributed by atoms with Crippen molar-refractivity contribution in [2.45, 2.75) is 0 Å². The first-order valence-electron chi connectivity index (χ1n) is 4.99. The van der Waals surface area contributed by atoms with Crippen molar-refractivity contribution in [3.63, 3.8) is 0 Å². The number of ether oxygens (including phenoxy) is 2. The van der Waals surface area contributed by atoms with E-state index in [2.05, 4.69) is 0 Å². The van der Waals surface area contributed by atoms with E-state index in [0.717, 1.165) is 0 Å². The molecule has 0 aromatic heterocycles. The number of carbonyl (C=O) groups excluding carboxylic acids is 1. The number of carboxylic acid groups (broad SMARTS) is 1. The summed E-state index contributed by atoms with van der Waals surface area (Å²) in [5.74, 6) is -0.843. The van der Waals surface area contributed by atoms with Gasteiger partial charge in [0.05, 0.1) is 13.7 Å². The molecule has 1 fully saturated rings. The number of cyclic esters (lactones) is 1. The number of benzene rings is 1. The molecule has 1 aromatic rings. The van der Waals surface area contributed by atoms with Crippen LogP contribution >= 0.6 is 0 Å². The molecular weight excluding hydrogens is 226 g/mol. The van der Waals surface area contributed by atoms with E-state index in [-0.39, 0.29) is 11.3 Å². The zero-order valence-electron chi connectivity index (χ0n) is 9.17. The van der Waals surface area contributed by atoms with E-state index in [1.807, 2.05) is 0 Å². The average molecular weight is 237 g/mol. The first kappa shape index (κ1) is 11.3. The van der Waals surface area contributed by atoms with Gasteiger partial charge in [-0.1, -0.05) is 0 Å². The third-order valence-electron chi connectivity index (χ3n) is 2.49. The second kappa shape index (κ2) is 4.32. The summed E-state index contributed by atoms with van der Waals surface area (Å²) in [6.07, 6.45) is -0.466. The Morgan fingerprint density at radius 1 is 1.53 bits per heavy atom. The molecule has 6 heteroatoms. The summed E-state index contributed by atoms with van der Waals surface area (Å²) in [5.41, 5.74) is 0.510. The maximum absolute atomic E-state index is 11.3. The highest BCUT2D eigenvalue weighted by Gasteiger charge is 2.25. The molecule has 1 aromatic carbocycles. The quantitative estimate of drug-likeness (QED) is 0.858. The molecule has 1 aliphatic heterocycles. The first-order valence-corrected chi connectivity index (χ1v) is 4.99. The lowest BCUT2D eigenvalue weighted by atomic mass is 10.1. The Hall–Kier alpha value is -2.24. The molecule has 2 rings (SSSR count). The van der Waals surface area contributed by atoms with Crippen LogP contribution in [0.1, 0.15) is 10.4 Å². The standard InChI is InChI=1S/C11H11NO5/c1-16-9-3-2-7(6-8(9)10(13)14)12-4-5-17-11(12)15/h2-3,6H,4-5H2,1H3,(H,13,14). The van der Waals surface area contributed by atoms with Crippen LogP contribution in [0.2, 0.25) is 0 Å². The minimum atomic E-state index is -1.10. The molecule has 1 heterocycles. The Balaban J connectivity index is 2.40. The van der Waals surface area contributed by atoms with Crippen LogP contribution in [0.25, 0.3) is 0 Å². The van der Waals surface area contributed by atoms with Gasteiger partial charge < -0.3 is 14.6 Å². The van der Waals surface area contributed by atoms with Gasteiger partial charge in [-0.05, 0) is 18.2 Å². The fourth-order valence-corrected chi connectivity index (χ4v) is 1.66. The van der Waals surface area contributed by atoms with Crippen molar-refractivity contribution in [2.75, 3.05) is 25.2 Å². The van der Waals surface area contributed by atoms with E-state index in [1.165, 1.54) is 24.1 Å². The van der Waals surface area contributed by atoms with Gasteiger partial charge in [0.25, 0.3) is 0 Å². The van der Waals surface area contributed by atoms with Crippen LogP contribution in [0, 0.1) is 0 Å². The highest BCUT2D eigenvalue weighted by molar-refractivity contribution is 5.95. The number of hydrogen-bond acceptors (Lipinski definition) is 4. The third-order valence-corrected chi connectivity index (χ3v) is 2.49. The molecule has 0 radical (unpaired) electrons. The summed E-state index contributed by atoms with van der Waals surface area (Å²) in [7, 11) is 1.39. The molecular formula is C11H11NO5. The van der Waals surface area contributed by atoms with Gasteiger partial charge in [0, 0.05) is 5.69 Å². The lowest BCUT2D eigenvalue weighted by Gasteiger charge is -2.14. The predicted octanol–water partition coefficient (Wildman–Crippen LogP) is 1.35. The summed E-state index contributed by atoms with van der Waals surface area (Å²) in [5, 5.41) is 9.02. The SMILES string of the molecule is COc1ccc(N2CCOC2=O)cc1C(=O)O. The van der Waals surface area contributed by atoms with E-state index < -0.39 is 12.1 Å². The Bertz CT molecular complexity index is 471. The summed E-state index contributed by atoms with van der Waals surface area (Å²) < 4.78 is 9.72. The van der Waals surface area contributed by atoms with Crippen LogP contribution in [-0.2, 0) is 4.74 Å². The number of hydrogen-bond donors (Lipinski definition) is 1. The molecule has 1 saturated heterocycles. The van der Waals surface area contributed by atoms with Crippen LogP contribution in [-0.4, -0.2) is 37.4 Å². The zero-order valence-corrected chi connectivity index (χ0v) is 9.17. The minimum absolute atomic E-state index is 0.0182. The fraction of sp³-hybridized carbons (Fsp3) is 0.273. The van der Waals surface area contributed by atoms with Gasteiger partial charge in [-0.15, -0.1) is 0 Å². The highest BCUT2D eigenvalue weighted by atomic mass is 16.6. The number of carbonyl (C=O) groups is 2. The largest absolute Gasteiger partial charge is 0.496 e. The second-order valence-electron chi connectivity index (χ2n) is 3.46. The average Bonchev–Trinajstić information content (AvgIpc) is 2.74. The number of amides is 1. The van der Waals surface area contributed by atoms with Crippen molar-refractivity contribution in [1.82, 2.24) is 0 Å². The van der Waals surface area contributed by atoms with Crippen LogP contribution in [0.5, 0.6) is 5.75 Å². The molecule has 0 atom stereocenters. The molecule has 1 N–H and O–H groups in total. The Morgan fingerprint density at radius 2 is 2.29 bits per heavy atom. The zero-order chi connectivity index (χ0) is 12.4. The number of aromatic carboxylic acids is 1. The molecule has 0 spiro atoms. The van der Waals surface area contributed by atoms with Crippen LogP contribution in [0.3, 0.4) is 0 Å². The van der Waals surface area contributed by atoms with Crippen LogP contribution in [0.4, 0.5) is 10.5 Å². The van der Waals surface area contributed by atoms with Gasteiger partial charge in [0.15, 0.2) is 0 Å². The normalized spacial score (nSPS) is 14.6. The molecule has 0 saturated carbocycles.